The molecular formula is C14H19N3O5S. The molecule has 9 heteroatoms. The number of fused-ring (bicyclic) bond motifs is 1. The van der Waals surface area contributed by atoms with Gasteiger partial charge in [-0.2, -0.15) is 0 Å². The van der Waals surface area contributed by atoms with Crippen LogP contribution in [0.4, 0.5) is 0 Å². The first-order valence-corrected chi connectivity index (χ1v) is 9.28. The number of carbonyl (C=O) groups excluding carboxylic acids is 2. The third-order valence-electron chi connectivity index (χ3n) is 4.40. The molecule has 0 unspecified atom stereocenters. The van der Waals surface area contributed by atoms with E-state index in [0.717, 1.165) is 0 Å². The van der Waals surface area contributed by atoms with Gasteiger partial charge in [-0.15, -0.1) is 0 Å². The average Bonchev–Trinajstić information content (AvgIpc) is 2.98. The van der Waals surface area contributed by atoms with Crippen LogP contribution in [0, 0.1) is 6.92 Å². The van der Waals surface area contributed by atoms with Gasteiger partial charge >= 0.3 is 0 Å². The van der Waals surface area contributed by atoms with Crippen LogP contribution in [0.5, 0.6) is 0 Å². The van der Waals surface area contributed by atoms with Crippen LogP contribution in [0.15, 0.2) is 10.6 Å². The Labute approximate surface area is 134 Å². The number of sulfone groups is 1. The summed E-state index contributed by atoms with van der Waals surface area (Å²) in [5.41, 5.74) is 0.690. The van der Waals surface area contributed by atoms with E-state index in [4.69, 9.17) is 4.52 Å². The van der Waals surface area contributed by atoms with Crippen molar-refractivity contribution in [3.05, 3.63) is 17.5 Å². The van der Waals surface area contributed by atoms with Gasteiger partial charge in [0.1, 0.15) is 5.76 Å². The van der Waals surface area contributed by atoms with Gasteiger partial charge in [0.2, 0.25) is 11.8 Å². The zero-order chi connectivity index (χ0) is 16.8. The molecule has 0 N–H and O–H groups in total. The van der Waals surface area contributed by atoms with Crippen molar-refractivity contribution >= 4 is 21.7 Å². The van der Waals surface area contributed by atoms with E-state index in [-0.39, 0.29) is 29.7 Å². The van der Waals surface area contributed by atoms with E-state index in [1.807, 2.05) is 0 Å². The SMILES string of the molecule is CC(=O)N1CCN(C(=O)Cc2cc(C)no2)[C@@H]2CS(=O)(=O)C[C@@H]21. The molecule has 1 aromatic heterocycles. The zero-order valence-electron chi connectivity index (χ0n) is 13.1. The van der Waals surface area contributed by atoms with Crippen molar-refractivity contribution in [3.63, 3.8) is 0 Å². The van der Waals surface area contributed by atoms with Gasteiger partial charge in [-0.25, -0.2) is 8.42 Å². The lowest BCUT2D eigenvalue weighted by atomic mass is 10.0. The summed E-state index contributed by atoms with van der Waals surface area (Å²) < 4.78 is 29.0. The van der Waals surface area contributed by atoms with Crippen molar-refractivity contribution in [1.82, 2.24) is 15.0 Å². The molecular weight excluding hydrogens is 322 g/mol. The molecule has 0 bridgehead atoms. The molecule has 3 rings (SSSR count). The lowest BCUT2D eigenvalue weighted by molar-refractivity contribution is -0.144. The highest BCUT2D eigenvalue weighted by Crippen LogP contribution is 2.27. The monoisotopic (exact) mass is 341 g/mol. The minimum absolute atomic E-state index is 0.0458. The molecule has 126 valence electrons. The molecule has 2 fully saturated rings. The van der Waals surface area contributed by atoms with Crippen LogP contribution < -0.4 is 0 Å². The van der Waals surface area contributed by atoms with E-state index in [0.29, 0.717) is 24.5 Å². The molecule has 3 heterocycles. The van der Waals surface area contributed by atoms with E-state index in [1.54, 1.807) is 22.8 Å². The van der Waals surface area contributed by atoms with Crippen LogP contribution in [-0.4, -0.2) is 71.9 Å². The Bertz CT molecular complexity index is 741. The number of rotatable bonds is 2. The fourth-order valence-electron chi connectivity index (χ4n) is 3.40. The van der Waals surface area contributed by atoms with Crippen LogP contribution in [0.1, 0.15) is 18.4 Å². The number of aryl methyl sites for hydroxylation is 1. The molecule has 2 aliphatic heterocycles. The predicted molar refractivity (Wildman–Crippen MR) is 80.3 cm³/mol. The maximum absolute atomic E-state index is 12.5. The van der Waals surface area contributed by atoms with Gasteiger partial charge in [-0.05, 0) is 6.92 Å². The number of piperazine rings is 1. The van der Waals surface area contributed by atoms with Crippen molar-refractivity contribution in [1.29, 1.82) is 0 Å². The maximum atomic E-state index is 12.5. The largest absolute Gasteiger partial charge is 0.361 e. The molecule has 0 aromatic carbocycles. The van der Waals surface area contributed by atoms with Crippen LogP contribution in [0.2, 0.25) is 0 Å². The minimum Gasteiger partial charge on any atom is -0.361 e. The van der Waals surface area contributed by atoms with Gasteiger partial charge in [0, 0.05) is 26.1 Å². The van der Waals surface area contributed by atoms with E-state index in [9.17, 15) is 18.0 Å². The fourth-order valence-corrected chi connectivity index (χ4v) is 5.38. The summed E-state index contributed by atoms with van der Waals surface area (Å²) in [5.74, 6) is -0.0733. The van der Waals surface area contributed by atoms with E-state index < -0.39 is 21.9 Å². The predicted octanol–water partition coefficient (Wildman–Crippen LogP) is -0.618. The topological polar surface area (TPSA) is 101 Å². The summed E-state index contributed by atoms with van der Waals surface area (Å²) in [6.45, 7) is 3.88. The summed E-state index contributed by atoms with van der Waals surface area (Å²) in [7, 11) is -3.25. The van der Waals surface area contributed by atoms with Crippen LogP contribution in [0.3, 0.4) is 0 Å². The van der Waals surface area contributed by atoms with Gasteiger partial charge in [0.15, 0.2) is 9.84 Å². The van der Waals surface area contributed by atoms with Crippen LogP contribution in [-0.2, 0) is 25.8 Å². The Hall–Kier alpha value is -1.90. The molecule has 0 saturated carbocycles. The number of amides is 2. The summed E-state index contributed by atoms with van der Waals surface area (Å²) >= 11 is 0. The van der Waals surface area contributed by atoms with Crippen LogP contribution >= 0.6 is 0 Å². The van der Waals surface area contributed by atoms with Crippen molar-refractivity contribution in [2.24, 2.45) is 0 Å². The third-order valence-corrected chi connectivity index (χ3v) is 6.10. The quantitative estimate of drug-likeness (QED) is 0.711. The van der Waals surface area contributed by atoms with Crippen molar-refractivity contribution in [2.45, 2.75) is 32.4 Å². The molecule has 0 spiro atoms. The summed E-state index contributed by atoms with van der Waals surface area (Å²) in [6, 6.07) is 0.757. The second-order valence-electron chi connectivity index (χ2n) is 6.12. The Morgan fingerprint density at radius 2 is 1.87 bits per heavy atom. The van der Waals surface area contributed by atoms with Gasteiger partial charge in [0.05, 0.1) is 35.7 Å². The molecule has 23 heavy (non-hydrogen) atoms. The summed E-state index contributed by atoms with van der Waals surface area (Å²) in [6.07, 6.45) is 0.0458. The smallest absolute Gasteiger partial charge is 0.230 e. The number of hydrogen-bond donors (Lipinski definition) is 0. The van der Waals surface area contributed by atoms with E-state index in [1.165, 1.54) is 6.92 Å². The van der Waals surface area contributed by atoms with Gasteiger partial charge in [-0.3, -0.25) is 9.59 Å². The first-order valence-electron chi connectivity index (χ1n) is 7.46. The molecule has 2 atom stereocenters. The van der Waals surface area contributed by atoms with Crippen LogP contribution in [0.25, 0.3) is 0 Å². The Morgan fingerprint density at radius 1 is 1.26 bits per heavy atom. The highest BCUT2D eigenvalue weighted by molar-refractivity contribution is 7.91. The second-order valence-corrected chi connectivity index (χ2v) is 8.28. The maximum Gasteiger partial charge on any atom is 0.230 e. The first-order chi connectivity index (χ1) is 10.8. The average molecular weight is 341 g/mol. The third kappa shape index (κ3) is 3.10. The molecule has 2 saturated heterocycles. The van der Waals surface area contributed by atoms with Crippen molar-refractivity contribution < 1.29 is 22.5 Å². The second kappa shape index (κ2) is 5.63. The van der Waals surface area contributed by atoms with E-state index in [2.05, 4.69) is 5.16 Å². The van der Waals surface area contributed by atoms with Gasteiger partial charge in [-0.1, -0.05) is 5.16 Å². The molecule has 0 radical (unpaired) electrons. The standard InChI is InChI=1S/C14H19N3O5S/c1-9-5-11(22-15-9)6-14(19)17-4-3-16(10(2)18)12-7-23(20,21)8-13(12)17/h5,12-13H,3-4,6-8H2,1-2H3/t12-,13+/m0/s1. The van der Waals surface area contributed by atoms with E-state index >= 15 is 0 Å². The normalized spacial score (nSPS) is 26.2. The first kappa shape index (κ1) is 16.0. The summed E-state index contributed by atoms with van der Waals surface area (Å²) in [4.78, 5) is 27.4. The lowest BCUT2D eigenvalue weighted by Gasteiger charge is -2.43. The number of hydrogen-bond acceptors (Lipinski definition) is 6. The minimum atomic E-state index is -3.25. The summed E-state index contributed by atoms with van der Waals surface area (Å²) in [5, 5.41) is 3.75. The molecule has 8 nitrogen and oxygen atoms in total. The Balaban J connectivity index is 1.80. The Morgan fingerprint density at radius 3 is 2.43 bits per heavy atom. The van der Waals surface area contributed by atoms with Gasteiger partial charge in [0.25, 0.3) is 0 Å². The fraction of sp³-hybridized carbons (Fsp3) is 0.643. The van der Waals surface area contributed by atoms with Crippen molar-refractivity contribution in [2.75, 3.05) is 24.6 Å². The van der Waals surface area contributed by atoms with Gasteiger partial charge < -0.3 is 14.3 Å². The Kier molecular flexibility index (Phi) is 3.91. The zero-order valence-corrected chi connectivity index (χ0v) is 13.9. The molecule has 1 aromatic rings. The number of carbonyl (C=O) groups is 2. The molecule has 2 amide bonds. The molecule has 2 aliphatic rings. The lowest BCUT2D eigenvalue weighted by Crippen LogP contribution is -2.61. The molecule has 0 aliphatic carbocycles. The highest BCUT2D eigenvalue weighted by Gasteiger charge is 2.48. The number of aromatic nitrogens is 1. The van der Waals surface area contributed by atoms with Crippen molar-refractivity contribution in [3.8, 4) is 0 Å². The highest BCUT2D eigenvalue weighted by atomic mass is 32.2. The number of nitrogens with zero attached hydrogens (tertiary/aromatic N) is 3.